The van der Waals surface area contributed by atoms with Crippen molar-refractivity contribution in [1.29, 1.82) is 0 Å². The third-order valence-corrected chi connectivity index (χ3v) is 2.07. The molecule has 1 aliphatic rings. The number of hydrogen-bond donors (Lipinski definition) is 2. The van der Waals surface area contributed by atoms with E-state index in [1.165, 1.54) is 0 Å². The zero-order valence-corrected chi connectivity index (χ0v) is 5.22. The minimum atomic E-state index is -0.262. The number of nitrogens with two attached hydrogens (primary N) is 1. The molecule has 3 N–H and O–H groups in total. The van der Waals surface area contributed by atoms with Gasteiger partial charge in [0.2, 0.25) is 0 Å². The Balaban J connectivity index is 2.34. The van der Waals surface area contributed by atoms with E-state index >= 15 is 0 Å². The van der Waals surface area contributed by atoms with Gasteiger partial charge in [0, 0.05) is 6.54 Å². The molecule has 0 heterocycles. The summed E-state index contributed by atoms with van der Waals surface area (Å²) in [5.41, 5.74) is 5.44. The summed E-state index contributed by atoms with van der Waals surface area (Å²) in [6.45, 7) is 2.49. The molecule has 1 saturated carbocycles. The molecule has 2 nitrogen and oxygen atoms in total. The Morgan fingerprint density at radius 2 is 2.25 bits per heavy atom. The SMILES string of the molecule is CC1([C@@H](O)CN)CC1. The molecule has 0 unspecified atom stereocenters. The molecule has 1 fully saturated rings. The van der Waals surface area contributed by atoms with Crippen molar-refractivity contribution in [2.75, 3.05) is 6.54 Å². The van der Waals surface area contributed by atoms with E-state index in [0.717, 1.165) is 12.8 Å². The van der Waals surface area contributed by atoms with Gasteiger partial charge in [0.1, 0.15) is 0 Å². The van der Waals surface area contributed by atoms with Crippen LogP contribution in [-0.2, 0) is 0 Å². The highest BCUT2D eigenvalue weighted by molar-refractivity contribution is 4.94. The van der Waals surface area contributed by atoms with Crippen molar-refractivity contribution in [3.8, 4) is 0 Å². The largest absolute Gasteiger partial charge is 0.391 e. The van der Waals surface area contributed by atoms with E-state index in [0.29, 0.717) is 6.54 Å². The lowest BCUT2D eigenvalue weighted by atomic mass is 10.0. The molecule has 0 bridgehead atoms. The Kier molecular flexibility index (Phi) is 1.29. The second kappa shape index (κ2) is 1.71. The van der Waals surface area contributed by atoms with Crippen LogP contribution in [0.5, 0.6) is 0 Å². The van der Waals surface area contributed by atoms with Gasteiger partial charge in [-0.3, -0.25) is 0 Å². The maximum Gasteiger partial charge on any atom is 0.0715 e. The second-order valence-electron chi connectivity index (χ2n) is 2.91. The van der Waals surface area contributed by atoms with Crippen LogP contribution in [0.3, 0.4) is 0 Å². The van der Waals surface area contributed by atoms with Crippen molar-refractivity contribution < 1.29 is 5.11 Å². The van der Waals surface area contributed by atoms with Gasteiger partial charge in [0.05, 0.1) is 6.10 Å². The highest BCUT2D eigenvalue weighted by Gasteiger charge is 2.43. The molecular formula is C6H13NO. The first-order valence-corrected chi connectivity index (χ1v) is 3.07. The van der Waals surface area contributed by atoms with Gasteiger partial charge in [0.25, 0.3) is 0 Å². The average molecular weight is 115 g/mol. The zero-order chi connectivity index (χ0) is 6.20. The van der Waals surface area contributed by atoms with Crippen molar-refractivity contribution in [3.63, 3.8) is 0 Å². The predicted octanol–water partition coefficient (Wildman–Crippen LogP) is 0.106. The molecule has 0 spiro atoms. The number of rotatable bonds is 2. The summed E-state index contributed by atoms with van der Waals surface area (Å²) in [7, 11) is 0. The van der Waals surface area contributed by atoms with Crippen molar-refractivity contribution in [2.45, 2.75) is 25.9 Å². The van der Waals surface area contributed by atoms with Gasteiger partial charge in [-0.2, -0.15) is 0 Å². The van der Waals surface area contributed by atoms with Gasteiger partial charge in [-0.15, -0.1) is 0 Å². The molecule has 1 aliphatic carbocycles. The van der Waals surface area contributed by atoms with Crippen molar-refractivity contribution >= 4 is 0 Å². The minimum Gasteiger partial charge on any atom is -0.391 e. The number of aliphatic hydroxyl groups excluding tert-OH is 1. The quantitative estimate of drug-likeness (QED) is 0.536. The molecule has 0 radical (unpaired) electrons. The van der Waals surface area contributed by atoms with Gasteiger partial charge in [0.15, 0.2) is 0 Å². The monoisotopic (exact) mass is 115 g/mol. The van der Waals surface area contributed by atoms with E-state index in [9.17, 15) is 0 Å². The standard InChI is InChI=1S/C6H13NO/c1-6(2-3-6)5(8)4-7/h5,8H,2-4,7H2,1H3/t5-/m0/s1. The summed E-state index contributed by atoms with van der Waals surface area (Å²) < 4.78 is 0. The third-order valence-electron chi connectivity index (χ3n) is 2.07. The van der Waals surface area contributed by atoms with E-state index in [4.69, 9.17) is 10.8 Å². The van der Waals surface area contributed by atoms with E-state index in [2.05, 4.69) is 6.92 Å². The smallest absolute Gasteiger partial charge is 0.0715 e. The lowest BCUT2D eigenvalue weighted by Gasteiger charge is -2.13. The Morgan fingerprint density at radius 1 is 1.75 bits per heavy atom. The molecule has 0 aromatic carbocycles. The van der Waals surface area contributed by atoms with E-state index in [1.807, 2.05) is 0 Å². The number of aliphatic hydroxyl groups is 1. The molecule has 1 rings (SSSR count). The van der Waals surface area contributed by atoms with Crippen molar-refractivity contribution in [3.05, 3.63) is 0 Å². The molecule has 0 aliphatic heterocycles. The average Bonchev–Trinajstić information content (AvgIpc) is 2.47. The van der Waals surface area contributed by atoms with Gasteiger partial charge < -0.3 is 10.8 Å². The van der Waals surface area contributed by atoms with Crippen LogP contribution >= 0.6 is 0 Å². The van der Waals surface area contributed by atoms with Gasteiger partial charge >= 0.3 is 0 Å². The summed E-state index contributed by atoms with van der Waals surface area (Å²) in [6, 6.07) is 0. The third kappa shape index (κ3) is 0.858. The topological polar surface area (TPSA) is 46.2 Å². The van der Waals surface area contributed by atoms with Crippen LogP contribution in [-0.4, -0.2) is 17.8 Å². The fourth-order valence-electron chi connectivity index (χ4n) is 0.815. The van der Waals surface area contributed by atoms with Crippen molar-refractivity contribution in [1.82, 2.24) is 0 Å². The molecule has 2 heteroatoms. The molecule has 0 amide bonds. The Hall–Kier alpha value is -0.0800. The van der Waals surface area contributed by atoms with Gasteiger partial charge in [-0.25, -0.2) is 0 Å². The maximum atomic E-state index is 9.13. The lowest BCUT2D eigenvalue weighted by Crippen LogP contribution is -2.27. The summed E-state index contributed by atoms with van der Waals surface area (Å²) in [4.78, 5) is 0. The maximum absolute atomic E-state index is 9.13. The zero-order valence-electron chi connectivity index (χ0n) is 5.22. The summed E-state index contributed by atoms with van der Waals surface area (Å²) >= 11 is 0. The van der Waals surface area contributed by atoms with Gasteiger partial charge in [-0.05, 0) is 18.3 Å². The van der Waals surface area contributed by atoms with E-state index in [-0.39, 0.29) is 11.5 Å². The Labute approximate surface area is 49.7 Å². The minimum absolute atomic E-state index is 0.189. The van der Waals surface area contributed by atoms with Crippen LogP contribution < -0.4 is 5.73 Å². The molecule has 8 heavy (non-hydrogen) atoms. The van der Waals surface area contributed by atoms with Crippen molar-refractivity contribution in [2.24, 2.45) is 11.1 Å². The van der Waals surface area contributed by atoms with Crippen LogP contribution in [0.4, 0.5) is 0 Å². The van der Waals surface area contributed by atoms with Crippen LogP contribution in [0.15, 0.2) is 0 Å². The normalized spacial score (nSPS) is 27.4. The first kappa shape index (κ1) is 6.05. The van der Waals surface area contributed by atoms with Crippen LogP contribution in [0.2, 0.25) is 0 Å². The highest BCUT2D eigenvalue weighted by Crippen LogP contribution is 2.47. The van der Waals surface area contributed by atoms with Crippen LogP contribution in [0, 0.1) is 5.41 Å². The number of hydrogen-bond acceptors (Lipinski definition) is 2. The molecular weight excluding hydrogens is 102 g/mol. The van der Waals surface area contributed by atoms with Crippen LogP contribution in [0.1, 0.15) is 19.8 Å². The summed E-state index contributed by atoms with van der Waals surface area (Å²) in [6.07, 6.45) is 2.03. The first-order valence-electron chi connectivity index (χ1n) is 3.07. The highest BCUT2D eigenvalue weighted by atomic mass is 16.3. The first-order chi connectivity index (χ1) is 3.69. The molecule has 1 atom stereocenters. The Morgan fingerprint density at radius 3 is 2.38 bits per heavy atom. The van der Waals surface area contributed by atoms with Gasteiger partial charge in [-0.1, -0.05) is 6.92 Å². The second-order valence-corrected chi connectivity index (χ2v) is 2.91. The molecule has 0 aromatic rings. The summed E-state index contributed by atoms with van der Waals surface area (Å²) in [5, 5.41) is 9.13. The lowest BCUT2D eigenvalue weighted by molar-refractivity contribution is 0.111. The van der Waals surface area contributed by atoms with E-state index in [1.54, 1.807) is 0 Å². The molecule has 0 saturated heterocycles. The predicted molar refractivity (Wildman–Crippen MR) is 32.4 cm³/mol. The van der Waals surface area contributed by atoms with E-state index < -0.39 is 0 Å². The fourth-order valence-corrected chi connectivity index (χ4v) is 0.815. The Bertz CT molecular complexity index is 88.5. The molecule has 48 valence electrons. The fraction of sp³-hybridized carbons (Fsp3) is 1.00. The van der Waals surface area contributed by atoms with Crippen LogP contribution in [0.25, 0.3) is 0 Å². The summed E-state index contributed by atoms with van der Waals surface area (Å²) in [5.74, 6) is 0. The molecule has 0 aromatic heterocycles.